The second-order valence-corrected chi connectivity index (χ2v) is 10.6. The molecule has 0 N–H and O–H groups in total. The van der Waals surface area contributed by atoms with Crippen molar-refractivity contribution in [3.05, 3.63) is 55.0 Å². The summed E-state index contributed by atoms with van der Waals surface area (Å²) in [4.78, 5) is 7.16. The maximum absolute atomic E-state index is 11.7. The average molecular weight is 426 g/mol. The van der Waals surface area contributed by atoms with Crippen LogP contribution < -0.4 is 0 Å². The third kappa shape index (κ3) is 3.81. The van der Waals surface area contributed by atoms with E-state index in [0.29, 0.717) is 23.6 Å². The lowest BCUT2D eigenvalue weighted by molar-refractivity contribution is 0.127. The van der Waals surface area contributed by atoms with Crippen LogP contribution in [0.25, 0.3) is 17.2 Å². The molecule has 0 saturated carbocycles. The lowest BCUT2D eigenvalue weighted by atomic mass is 10.0. The van der Waals surface area contributed by atoms with Crippen molar-refractivity contribution < 1.29 is 8.42 Å². The molecule has 2 aliphatic heterocycles. The molecule has 30 heavy (non-hydrogen) atoms. The molecule has 158 valence electrons. The normalized spacial score (nSPS) is 21.1. The van der Waals surface area contributed by atoms with E-state index in [1.165, 1.54) is 0 Å². The van der Waals surface area contributed by atoms with Crippen molar-refractivity contribution in [3.8, 4) is 17.2 Å². The molecule has 0 spiro atoms. The first-order chi connectivity index (χ1) is 14.6. The number of para-hydroxylation sites is 1. The fourth-order valence-corrected chi connectivity index (χ4v) is 6.29. The Bertz CT molecular complexity index is 1080. The van der Waals surface area contributed by atoms with Gasteiger partial charge in [-0.05, 0) is 43.9 Å². The third-order valence-electron chi connectivity index (χ3n) is 6.47. The van der Waals surface area contributed by atoms with Crippen LogP contribution in [0, 0.1) is 0 Å². The van der Waals surface area contributed by atoms with Gasteiger partial charge in [0.25, 0.3) is 0 Å². The molecule has 0 radical (unpaired) electrons. The highest BCUT2D eigenvalue weighted by molar-refractivity contribution is 7.91. The van der Waals surface area contributed by atoms with Gasteiger partial charge in [0.05, 0.1) is 23.4 Å². The molecule has 0 unspecified atom stereocenters. The van der Waals surface area contributed by atoms with E-state index < -0.39 is 9.84 Å². The van der Waals surface area contributed by atoms with Gasteiger partial charge in [-0.15, -0.1) is 0 Å². The van der Waals surface area contributed by atoms with Gasteiger partial charge in [0.15, 0.2) is 5.82 Å². The van der Waals surface area contributed by atoms with Crippen LogP contribution in [0.2, 0.25) is 0 Å². The van der Waals surface area contributed by atoms with Crippen LogP contribution in [-0.4, -0.2) is 63.3 Å². The average Bonchev–Trinajstić information content (AvgIpc) is 3.44. The van der Waals surface area contributed by atoms with Gasteiger partial charge in [-0.2, -0.15) is 5.10 Å². The van der Waals surface area contributed by atoms with Crippen molar-refractivity contribution in [3.63, 3.8) is 0 Å². The van der Waals surface area contributed by atoms with Crippen LogP contribution in [0.5, 0.6) is 0 Å². The molecule has 4 heterocycles. The van der Waals surface area contributed by atoms with Gasteiger partial charge in [-0.1, -0.05) is 18.2 Å². The summed E-state index contributed by atoms with van der Waals surface area (Å²) in [6.45, 7) is 2.01. The number of sulfone groups is 1. The molecule has 5 rings (SSSR count). The quantitative estimate of drug-likeness (QED) is 0.643. The van der Waals surface area contributed by atoms with Crippen molar-refractivity contribution >= 4 is 9.84 Å². The van der Waals surface area contributed by atoms with Gasteiger partial charge in [0.2, 0.25) is 0 Å². The highest BCUT2D eigenvalue weighted by atomic mass is 32.2. The molecule has 0 bridgehead atoms. The predicted molar refractivity (Wildman–Crippen MR) is 116 cm³/mol. The molecular formula is C22H27N5O2S. The first kappa shape index (κ1) is 19.5. The summed E-state index contributed by atoms with van der Waals surface area (Å²) in [5.74, 6) is 1.62. The molecule has 0 amide bonds. The molecule has 2 fully saturated rings. The van der Waals surface area contributed by atoms with Crippen LogP contribution in [0.4, 0.5) is 0 Å². The molecule has 2 aromatic heterocycles. The number of nitrogens with zero attached hydrogens (tertiary/aromatic N) is 5. The first-order valence-electron chi connectivity index (χ1n) is 10.7. The topological polar surface area (TPSA) is 73.0 Å². The standard InChI is InChI=1S/C22H27N5O2S/c28-30(29)16-9-18(10-17-30)25-13-7-19(8-14-25)26-15-12-23-22(26)21-6-11-24-27(21)20-4-2-1-3-5-20/h1-6,11-12,15,18-19H,7-10,13-14,16-17H2. The van der Waals surface area contributed by atoms with E-state index in [2.05, 4.69) is 25.7 Å². The summed E-state index contributed by atoms with van der Waals surface area (Å²) in [5, 5.41) is 4.52. The Hall–Kier alpha value is -2.45. The van der Waals surface area contributed by atoms with Crippen LogP contribution in [0.3, 0.4) is 0 Å². The number of hydrogen-bond acceptors (Lipinski definition) is 5. The van der Waals surface area contributed by atoms with E-state index >= 15 is 0 Å². The molecule has 8 heteroatoms. The Labute approximate surface area is 177 Å². The SMILES string of the molecule is O=S1(=O)CCC(N2CCC(n3ccnc3-c3ccnn3-c3ccccc3)CC2)CC1. The predicted octanol–water partition coefficient (Wildman–Crippen LogP) is 2.95. The number of imidazole rings is 1. The van der Waals surface area contributed by atoms with E-state index in [0.717, 1.165) is 56.0 Å². The van der Waals surface area contributed by atoms with Gasteiger partial charge in [0, 0.05) is 37.6 Å². The van der Waals surface area contributed by atoms with Gasteiger partial charge in [-0.3, -0.25) is 0 Å². The maximum atomic E-state index is 11.7. The number of hydrogen-bond donors (Lipinski definition) is 0. The van der Waals surface area contributed by atoms with Crippen molar-refractivity contribution in [2.75, 3.05) is 24.6 Å². The van der Waals surface area contributed by atoms with E-state index in [1.807, 2.05) is 53.5 Å². The Balaban J connectivity index is 1.31. The highest BCUT2D eigenvalue weighted by Crippen LogP contribution is 2.31. The molecule has 0 aliphatic carbocycles. The fourth-order valence-electron chi connectivity index (χ4n) is 4.83. The zero-order valence-electron chi connectivity index (χ0n) is 17.0. The molecule has 0 atom stereocenters. The summed E-state index contributed by atoms with van der Waals surface area (Å²) >= 11 is 0. The van der Waals surface area contributed by atoms with Gasteiger partial charge < -0.3 is 9.47 Å². The smallest absolute Gasteiger partial charge is 0.159 e. The van der Waals surface area contributed by atoms with Crippen molar-refractivity contribution in [1.29, 1.82) is 0 Å². The summed E-state index contributed by atoms with van der Waals surface area (Å²) in [5.41, 5.74) is 2.01. The van der Waals surface area contributed by atoms with Crippen LogP contribution in [-0.2, 0) is 9.84 Å². The van der Waals surface area contributed by atoms with E-state index in [1.54, 1.807) is 0 Å². The van der Waals surface area contributed by atoms with Gasteiger partial charge in [0.1, 0.15) is 15.5 Å². The molecule has 2 aliphatic rings. The summed E-state index contributed by atoms with van der Waals surface area (Å²) in [7, 11) is -2.81. The summed E-state index contributed by atoms with van der Waals surface area (Å²) < 4.78 is 27.7. The Morgan fingerprint density at radius 3 is 2.33 bits per heavy atom. The molecule has 7 nitrogen and oxygen atoms in total. The Morgan fingerprint density at radius 1 is 0.867 bits per heavy atom. The van der Waals surface area contributed by atoms with Gasteiger partial charge in [-0.25, -0.2) is 18.1 Å². The summed E-state index contributed by atoms with van der Waals surface area (Å²) in [6, 6.07) is 13.0. The van der Waals surface area contributed by atoms with E-state index in [-0.39, 0.29) is 0 Å². The number of aromatic nitrogens is 4. The lowest BCUT2D eigenvalue weighted by Gasteiger charge is -2.39. The summed E-state index contributed by atoms with van der Waals surface area (Å²) in [6.07, 6.45) is 9.42. The van der Waals surface area contributed by atoms with Crippen molar-refractivity contribution in [1.82, 2.24) is 24.2 Å². The third-order valence-corrected chi connectivity index (χ3v) is 8.19. The van der Waals surface area contributed by atoms with Crippen LogP contribution >= 0.6 is 0 Å². The van der Waals surface area contributed by atoms with Crippen molar-refractivity contribution in [2.45, 2.75) is 37.8 Å². The maximum Gasteiger partial charge on any atom is 0.159 e. The van der Waals surface area contributed by atoms with E-state index in [9.17, 15) is 8.42 Å². The molecule has 1 aromatic carbocycles. The molecule has 2 saturated heterocycles. The minimum absolute atomic E-state index is 0.340. The number of rotatable bonds is 4. The number of benzene rings is 1. The Kier molecular flexibility index (Phi) is 5.20. The minimum Gasteiger partial charge on any atom is -0.327 e. The second kappa shape index (κ2) is 8.00. The fraction of sp³-hybridized carbons (Fsp3) is 0.455. The largest absolute Gasteiger partial charge is 0.327 e. The zero-order valence-corrected chi connectivity index (χ0v) is 17.8. The zero-order chi connectivity index (χ0) is 20.6. The monoisotopic (exact) mass is 425 g/mol. The molecular weight excluding hydrogens is 398 g/mol. The Morgan fingerprint density at radius 2 is 1.60 bits per heavy atom. The lowest BCUT2D eigenvalue weighted by Crippen LogP contribution is -2.45. The number of piperidine rings is 1. The highest BCUT2D eigenvalue weighted by Gasteiger charge is 2.31. The van der Waals surface area contributed by atoms with Gasteiger partial charge >= 0.3 is 0 Å². The minimum atomic E-state index is -2.81. The van der Waals surface area contributed by atoms with Crippen molar-refractivity contribution in [2.24, 2.45) is 0 Å². The first-order valence-corrected chi connectivity index (χ1v) is 12.5. The van der Waals surface area contributed by atoms with Crippen LogP contribution in [0.15, 0.2) is 55.0 Å². The van der Waals surface area contributed by atoms with E-state index in [4.69, 9.17) is 0 Å². The molecule has 3 aromatic rings. The number of likely N-dealkylation sites (tertiary alicyclic amines) is 1. The van der Waals surface area contributed by atoms with Crippen LogP contribution in [0.1, 0.15) is 31.7 Å². The second-order valence-electron chi connectivity index (χ2n) is 8.27.